The number of halogens is 2. The summed E-state index contributed by atoms with van der Waals surface area (Å²) < 4.78 is 5.78. The van der Waals surface area contributed by atoms with Crippen LogP contribution in [0.2, 0.25) is 5.02 Å². The number of aromatic nitrogens is 1. The Morgan fingerprint density at radius 1 is 1.05 bits per heavy atom. The van der Waals surface area contributed by atoms with Crippen LogP contribution in [0.4, 0.5) is 0 Å². The third kappa shape index (κ3) is 2.72. The molecular weight excluding hydrogens is 293 g/mol. The van der Waals surface area contributed by atoms with E-state index in [0.717, 1.165) is 16.5 Å². The molecule has 1 heterocycles. The van der Waals surface area contributed by atoms with Gasteiger partial charge in [-0.2, -0.15) is 0 Å². The molecule has 0 aliphatic rings. The molecule has 20 heavy (non-hydrogen) atoms. The van der Waals surface area contributed by atoms with E-state index in [1.807, 2.05) is 42.5 Å². The predicted molar refractivity (Wildman–Crippen MR) is 82.8 cm³/mol. The fourth-order valence-corrected chi connectivity index (χ4v) is 2.35. The van der Waals surface area contributed by atoms with Crippen molar-refractivity contribution in [2.45, 2.75) is 5.88 Å². The molecule has 4 heteroatoms. The molecule has 1 aromatic heterocycles. The van der Waals surface area contributed by atoms with Crippen molar-refractivity contribution in [1.29, 1.82) is 0 Å². The number of fused-ring (bicyclic) bond motifs is 1. The molecule has 2 aromatic carbocycles. The maximum atomic E-state index is 6.17. The van der Waals surface area contributed by atoms with Crippen molar-refractivity contribution in [1.82, 2.24) is 4.98 Å². The minimum Gasteiger partial charge on any atom is -0.454 e. The minimum atomic E-state index is 0.428. The first-order chi connectivity index (χ1) is 9.76. The van der Waals surface area contributed by atoms with Gasteiger partial charge < -0.3 is 4.74 Å². The molecule has 0 bridgehead atoms. The van der Waals surface area contributed by atoms with Crippen LogP contribution in [-0.4, -0.2) is 4.98 Å². The summed E-state index contributed by atoms with van der Waals surface area (Å²) in [5.41, 5.74) is 1.89. The van der Waals surface area contributed by atoms with Crippen LogP contribution in [-0.2, 0) is 5.88 Å². The molecule has 0 saturated carbocycles. The minimum absolute atomic E-state index is 0.428. The van der Waals surface area contributed by atoms with Crippen molar-refractivity contribution in [2.75, 3.05) is 0 Å². The van der Waals surface area contributed by atoms with E-state index in [9.17, 15) is 0 Å². The predicted octanol–water partition coefficient (Wildman–Crippen LogP) is 5.42. The second kappa shape index (κ2) is 5.70. The Hall–Kier alpha value is -1.77. The normalized spacial score (nSPS) is 10.7. The van der Waals surface area contributed by atoms with Crippen molar-refractivity contribution in [3.63, 3.8) is 0 Å². The summed E-state index contributed by atoms with van der Waals surface area (Å²) in [7, 11) is 0. The maximum absolute atomic E-state index is 6.17. The first-order valence-electron chi connectivity index (χ1n) is 6.13. The Morgan fingerprint density at radius 2 is 1.90 bits per heavy atom. The van der Waals surface area contributed by atoms with Gasteiger partial charge in [0.2, 0.25) is 0 Å². The van der Waals surface area contributed by atoms with Crippen LogP contribution in [0, 0.1) is 0 Å². The highest BCUT2D eigenvalue weighted by molar-refractivity contribution is 6.32. The Bertz CT molecular complexity index is 758. The van der Waals surface area contributed by atoms with Gasteiger partial charge in [-0.05, 0) is 29.8 Å². The molecule has 0 spiro atoms. The molecule has 3 aromatic rings. The summed E-state index contributed by atoms with van der Waals surface area (Å²) in [5, 5.41) is 1.56. The molecule has 0 radical (unpaired) electrons. The maximum Gasteiger partial charge on any atom is 0.146 e. The van der Waals surface area contributed by atoms with E-state index < -0.39 is 0 Å². The number of ether oxygens (including phenoxy) is 1. The lowest BCUT2D eigenvalue weighted by Gasteiger charge is -2.09. The smallest absolute Gasteiger partial charge is 0.146 e. The summed E-state index contributed by atoms with van der Waals surface area (Å²) >= 11 is 11.9. The molecule has 0 aliphatic heterocycles. The second-order valence-electron chi connectivity index (χ2n) is 4.36. The third-order valence-corrected chi connectivity index (χ3v) is 3.55. The van der Waals surface area contributed by atoms with Gasteiger partial charge in [0.05, 0.1) is 16.7 Å². The lowest BCUT2D eigenvalue weighted by Crippen LogP contribution is -1.88. The largest absolute Gasteiger partial charge is 0.454 e. The van der Waals surface area contributed by atoms with E-state index in [-0.39, 0.29) is 0 Å². The van der Waals surface area contributed by atoms with Gasteiger partial charge in [-0.15, -0.1) is 11.6 Å². The first kappa shape index (κ1) is 13.2. The third-order valence-electron chi connectivity index (χ3n) is 2.94. The molecule has 100 valence electrons. The molecule has 0 fully saturated rings. The van der Waals surface area contributed by atoms with Gasteiger partial charge >= 0.3 is 0 Å². The highest BCUT2D eigenvalue weighted by Crippen LogP contribution is 2.31. The van der Waals surface area contributed by atoms with Crippen LogP contribution >= 0.6 is 23.2 Å². The van der Waals surface area contributed by atoms with Crippen LogP contribution in [0.25, 0.3) is 10.9 Å². The molecule has 0 saturated heterocycles. The van der Waals surface area contributed by atoms with Crippen LogP contribution < -0.4 is 4.74 Å². The van der Waals surface area contributed by atoms with Gasteiger partial charge in [0, 0.05) is 11.3 Å². The Morgan fingerprint density at radius 3 is 2.70 bits per heavy atom. The Kier molecular flexibility index (Phi) is 3.77. The number of hydrogen-bond acceptors (Lipinski definition) is 2. The van der Waals surface area contributed by atoms with Crippen LogP contribution in [0.5, 0.6) is 11.5 Å². The highest BCUT2D eigenvalue weighted by atomic mass is 35.5. The lowest BCUT2D eigenvalue weighted by molar-refractivity contribution is 0.481. The zero-order chi connectivity index (χ0) is 13.9. The quantitative estimate of drug-likeness (QED) is 0.603. The van der Waals surface area contributed by atoms with Gasteiger partial charge in [-0.25, -0.2) is 0 Å². The van der Waals surface area contributed by atoms with E-state index >= 15 is 0 Å². The van der Waals surface area contributed by atoms with Crippen LogP contribution in [0.3, 0.4) is 0 Å². The van der Waals surface area contributed by atoms with Gasteiger partial charge in [0.15, 0.2) is 0 Å². The van der Waals surface area contributed by atoms with Gasteiger partial charge in [-0.3, -0.25) is 4.98 Å². The zero-order valence-electron chi connectivity index (χ0n) is 10.5. The number of hydrogen-bond donors (Lipinski definition) is 0. The fourth-order valence-electron chi connectivity index (χ4n) is 1.94. The summed E-state index contributed by atoms with van der Waals surface area (Å²) in [5.74, 6) is 1.68. The Labute approximate surface area is 126 Å². The number of nitrogens with zero attached hydrogens (tertiary/aromatic N) is 1. The second-order valence-corrected chi connectivity index (χ2v) is 5.04. The molecule has 0 aliphatic carbocycles. The lowest BCUT2D eigenvalue weighted by atomic mass is 10.2. The van der Waals surface area contributed by atoms with Crippen molar-refractivity contribution in [3.05, 3.63) is 65.3 Å². The van der Waals surface area contributed by atoms with E-state index in [1.165, 1.54) is 0 Å². The topological polar surface area (TPSA) is 22.1 Å². The number of pyridine rings is 1. The standard InChI is InChI=1S/C16H11Cl2NO/c17-9-11-5-6-16(14(18)7-11)20-13-8-12-3-1-2-4-15(12)19-10-13/h1-8,10H,9H2. The number of para-hydroxylation sites is 1. The van der Waals surface area contributed by atoms with E-state index in [1.54, 1.807) is 12.3 Å². The summed E-state index contributed by atoms with van der Waals surface area (Å²) in [6, 6.07) is 15.3. The molecular formula is C16H11Cl2NO. The van der Waals surface area contributed by atoms with E-state index in [0.29, 0.717) is 22.4 Å². The fraction of sp³-hybridized carbons (Fsp3) is 0.0625. The van der Waals surface area contributed by atoms with Gasteiger partial charge in [0.25, 0.3) is 0 Å². The van der Waals surface area contributed by atoms with Crippen molar-refractivity contribution in [2.24, 2.45) is 0 Å². The van der Waals surface area contributed by atoms with Crippen LogP contribution in [0.1, 0.15) is 5.56 Å². The molecule has 0 N–H and O–H groups in total. The highest BCUT2D eigenvalue weighted by Gasteiger charge is 2.05. The van der Waals surface area contributed by atoms with Crippen LogP contribution in [0.15, 0.2) is 54.7 Å². The molecule has 2 nitrogen and oxygen atoms in total. The van der Waals surface area contributed by atoms with Crippen molar-refractivity contribution in [3.8, 4) is 11.5 Å². The average molecular weight is 304 g/mol. The van der Waals surface area contributed by atoms with E-state index in [2.05, 4.69) is 4.98 Å². The Balaban J connectivity index is 1.92. The van der Waals surface area contributed by atoms with Crippen molar-refractivity contribution < 1.29 is 4.74 Å². The number of alkyl halides is 1. The SMILES string of the molecule is ClCc1ccc(Oc2cnc3ccccc3c2)c(Cl)c1. The summed E-state index contributed by atoms with van der Waals surface area (Å²) in [4.78, 5) is 4.35. The molecule has 0 amide bonds. The monoisotopic (exact) mass is 303 g/mol. The number of benzene rings is 2. The van der Waals surface area contributed by atoms with Gasteiger partial charge in [-0.1, -0.05) is 35.9 Å². The van der Waals surface area contributed by atoms with Gasteiger partial charge in [0.1, 0.15) is 11.5 Å². The number of rotatable bonds is 3. The average Bonchev–Trinajstić information content (AvgIpc) is 2.49. The molecule has 0 unspecified atom stereocenters. The van der Waals surface area contributed by atoms with Crippen molar-refractivity contribution >= 4 is 34.1 Å². The molecule has 0 atom stereocenters. The first-order valence-corrected chi connectivity index (χ1v) is 7.04. The summed E-state index contributed by atoms with van der Waals surface area (Å²) in [6.07, 6.45) is 1.69. The molecule has 3 rings (SSSR count). The summed E-state index contributed by atoms with van der Waals surface area (Å²) in [6.45, 7) is 0. The van der Waals surface area contributed by atoms with E-state index in [4.69, 9.17) is 27.9 Å². The zero-order valence-corrected chi connectivity index (χ0v) is 12.0.